The van der Waals surface area contributed by atoms with Crippen molar-refractivity contribution >= 4 is 5.76 Å². The van der Waals surface area contributed by atoms with Gasteiger partial charge in [0.2, 0.25) is 0 Å². The highest BCUT2D eigenvalue weighted by Gasteiger charge is 2.04. The molecule has 2 rings (SSSR count). The Hall–Kier alpha value is -2.36. The monoisotopic (exact) mass is 214 g/mol. The van der Waals surface area contributed by atoms with Gasteiger partial charge in [-0.15, -0.1) is 0 Å². The zero-order valence-electron chi connectivity index (χ0n) is 8.47. The lowest BCUT2D eigenvalue weighted by Crippen LogP contribution is -2.10. The van der Waals surface area contributed by atoms with Crippen molar-refractivity contribution in [1.82, 2.24) is 9.97 Å². The zero-order valence-corrected chi connectivity index (χ0v) is 8.47. The van der Waals surface area contributed by atoms with Gasteiger partial charge in [-0.25, -0.2) is 4.98 Å². The maximum absolute atomic E-state index is 11.3. The summed E-state index contributed by atoms with van der Waals surface area (Å²) in [6, 6.07) is 10.6. The van der Waals surface area contributed by atoms with E-state index in [9.17, 15) is 9.90 Å². The second kappa shape index (κ2) is 4.02. The van der Waals surface area contributed by atoms with Crippen molar-refractivity contribution in [3.05, 3.63) is 59.2 Å². The number of nitrogens with one attached hydrogen (secondary N) is 1. The van der Waals surface area contributed by atoms with Crippen LogP contribution >= 0.6 is 0 Å². The van der Waals surface area contributed by atoms with Gasteiger partial charge >= 0.3 is 0 Å². The molecule has 2 aromatic rings. The molecule has 0 saturated heterocycles. The van der Waals surface area contributed by atoms with Crippen molar-refractivity contribution in [2.24, 2.45) is 0 Å². The van der Waals surface area contributed by atoms with Crippen LogP contribution in [0.5, 0.6) is 0 Å². The van der Waals surface area contributed by atoms with Crippen LogP contribution in [0.3, 0.4) is 0 Å². The maximum Gasteiger partial charge on any atom is 0.251 e. The zero-order chi connectivity index (χ0) is 11.5. The quantitative estimate of drug-likeness (QED) is 0.751. The predicted octanol–water partition coefficient (Wildman–Crippen LogP) is 1.97. The standard InChI is InChI=1S/C12H10N2O2/c1-8(15)12-13-10(7-11(16)14-12)9-5-3-2-4-6-9/h2-7,15H,1H2,(H,13,14,16). The summed E-state index contributed by atoms with van der Waals surface area (Å²) >= 11 is 0. The summed E-state index contributed by atoms with van der Waals surface area (Å²) in [4.78, 5) is 17.8. The van der Waals surface area contributed by atoms with Crippen LogP contribution in [-0.4, -0.2) is 15.1 Å². The molecule has 0 atom stereocenters. The molecule has 0 bridgehead atoms. The lowest BCUT2D eigenvalue weighted by molar-refractivity contribution is 0.506. The van der Waals surface area contributed by atoms with Crippen LogP contribution in [0.25, 0.3) is 17.0 Å². The molecule has 0 saturated carbocycles. The van der Waals surface area contributed by atoms with Crippen LogP contribution in [0.15, 0.2) is 47.8 Å². The molecule has 1 aromatic carbocycles. The SMILES string of the molecule is C=C(O)c1nc(-c2ccccc2)cc(=O)[nH]1. The molecule has 0 aliphatic rings. The van der Waals surface area contributed by atoms with E-state index >= 15 is 0 Å². The first-order valence-corrected chi connectivity index (χ1v) is 4.72. The molecule has 1 heterocycles. The smallest absolute Gasteiger partial charge is 0.251 e. The molecule has 0 aliphatic heterocycles. The van der Waals surface area contributed by atoms with Gasteiger partial charge < -0.3 is 10.1 Å². The summed E-state index contributed by atoms with van der Waals surface area (Å²) in [6.45, 7) is 3.32. The number of benzene rings is 1. The van der Waals surface area contributed by atoms with E-state index in [-0.39, 0.29) is 17.1 Å². The summed E-state index contributed by atoms with van der Waals surface area (Å²) in [5.41, 5.74) is 1.00. The Morgan fingerprint density at radius 3 is 2.62 bits per heavy atom. The molecule has 0 radical (unpaired) electrons. The van der Waals surface area contributed by atoms with Crippen molar-refractivity contribution in [2.75, 3.05) is 0 Å². The normalized spacial score (nSPS) is 10.0. The Bertz CT molecular complexity index is 573. The van der Waals surface area contributed by atoms with E-state index in [0.29, 0.717) is 5.69 Å². The van der Waals surface area contributed by atoms with Crippen LogP contribution in [0.1, 0.15) is 5.82 Å². The van der Waals surface area contributed by atoms with Crippen molar-refractivity contribution in [3.8, 4) is 11.3 Å². The van der Waals surface area contributed by atoms with Crippen molar-refractivity contribution in [3.63, 3.8) is 0 Å². The van der Waals surface area contributed by atoms with E-state index in [1.165, 1.54) is 6.07 Å². The number of aromatic amines is 1. The summed E-state index contributed by atoms with van der Waals surface area (Å²) in [5.74, 6) is -0.166. The Labute approximate surface area is 91.9 Å². The second-order valence-electron chi connectivity index (χ2n) is 3.29. The number of H-pyrrole nitrogens is 1. The molecule has 80 valence electrons. The predicted molar refractivity (Wildman–Crippen MR) is 62.0 cm³/mol. The van der Waals surface area contributed by atoms with E-state index in [2.05, 4.69) is 16.5 Å². The number of hydrogen-bond donors (Lipinski definition) is 2. The molecule has 1 aromatic heterocycles. The van der Waals surface area contributed by atoms with E-state index in [0.717, 1.165) is 5.56 Å². The maximum atomic E-state index is 11.3. The molecular formula is C12H10N2O2. The summed E-state index contributed by atoms with van der Waals surface area (Å²) in [7, 11) is 0. The lowest BCUT2D eigenvalue weighted by atomic mass is 10.1. The molecule has 0 aliphatic carbocycles. The van der Waals surface area contributed by atoms with Crippen molar-refractivity contribution in [1.29, 1.82) is 0 Å². The highest BCUT2D eigenvalue weighted by Crippen LogP contribution is 2.15. The first-order valence-electron chi connectivity index (χ1n) is 4.72. The topological polar surface area (TPSA) is 66.0 Å². The molecule has 0 unspecified atom stereocenters. The first-order chi connectivity index (χ1) is 7.66. The van der Waals surface area contributed by atoms with Crippen molar-refractivity contribution < 1.29 is 5.11 Å². The molecule has 4 nitrogen and oxygen atoms in total. The number of nitrogens with zero attached hydrogens (tertiary/aromatic N) is 1. The number of rotatable bonds is 2. The molecule has 4 heteroatoms. The molecule has 0 fully saturated rings. The van der Waals surface area contributed by atoms with E-state index < -0.39 is 0 Å². The van der Waals surface area contributed by atoms with Gasteiger partial charge in [-0.1, -0.05) is 36.9 Å². The molecule has 0 amide bonds. The average molecular weight is 214 g/mol. The van der Waals surface area contributed by atoms with E-state index in [4.69, 9.17) is 0 Å². The fraction of sp³-hybridized carbons (Fsp3) is 0. The minimum atomic E-state index is -0.320. The fourth-order valence-electron chi connectivity index (χ4n) is 1.35. The van der Waals surface area contributed by atoms with Gasteiger partial charge in [-0.05, 0) is 0 Å². The van der Waals surface area contributed by atoms with Crippen LogP contribution in [-0.2, 0) is 0 Å². The largest absolute Gasteiger partial charge is 0.505 e. The van der Waals surface area contributed by atoms with Crippen LogP contribution in [0.2, 0.25) is 0 Å². The first kappa shape index (κ1) is 10.2. The Kier molecular flexibility index (Phi) is 2.55. The number of aromatic nitrogens is 2. The highest BCUT2D eigenvalue weighted by atomic mass is 16.3. The summed E-state index contributed by atoms with van der Waals surface area (Å²) in [6.07, 6.45) is 0. The minimum Gasteiger partial charge on any atom is -0.505 e. The lowest BCUT2D eigenvalue weighted by Gasteiger charge is -2.02. The minimum absolute atomic E-state index is 0.0892. The number of aliphatic hydroxyl groups excluding tert-OH is 1. The molecular weight excluding hydrogens is 204 g/mol. The van der Waals surface area contributed by atoms with Gasteiger partial charge in [0.1, 0.15) is 0 Å². The van der Waals surface area contributed by atoms with E-state index in [1.807, 2.05) is 30.3 Å². The summed E-state index contributed by atoms with van der Waals surface area (Å²) < 4.78 is 0. The molecule has 0 spiro atoms. The van der Waals surface area contributed by atoms with Gasteiger partial charge in [0.05, 0.1) is 5.69 Å². The van der Waals surface area contributed by atoms with Crippen LogP contribution < -0.4 is 5.56 Å². The van der Waals surface area contributed by atoms with Gasteiger partial charge in [0, 0.05) is 11.6 Å². The Morgan fingerprint density at radius 1 is 1.31 bits per heavy atom. The van der Waals surface area contributed by atoms with Gasteiger partial charge in [-0.2, -0.15) is 0 Å². The van der Waals surface area contributed by atoms with E-state index in [1.54, 1.807) is 0 Å². The molecule has 16 heavy (non-hydrogen) atoms. The van der Waals surface area contributed by atoms with Crippen molar-refractivity contribution in [2.45, 2.75) is 0 Å². The third-order valence-electron chi connectivity index (χ3n) is 2.08. The Morgan fingerprint density at radius 2 is 2.00 bits per heavy atom. The highest BCUT2D eigenvalue weighted by molar-refractivity contribution is 5.60. The average Bonchev–Trinajstić information content (AvgIpc) is 2.29. The van der Waals surface area contributed by atoms with Crippen LogP contribution in [0, 0.1) is 0 Å². The fourth-order valence-corrected chi connectivity index (χ4v) is 1.35. The second-order valence-corrected chi connectivity index (χ2v) is 3.29. The Balaban J connectivity index is 2.58. The van der Waals surface area contributed by atoms with Gasteiger partial charge in [0.15, 0.2) is 11.6 Å². The number of hydrogen-bond acceptors (Lipinski definition) is 3. The number of aliphatic hydroxyl groups is 1. The van der Waals surface area contributed by atoms with Gasteiger partial charge in [0.25, 0.3) is 5.56 Å². The van der Waals surface area contributed by atoms with Gasteiger partial charge in [-0.3, -0.25) is 4.79 Å². The third kappa shape index (κ3) is 2.00. The molecule has 2 N–H and O–H groups in total. The third-order valence-corrected chi connectivity index (χ3v) is 2.08. The summed E-state index contributed by atoms with van der Waals surface area (Å²) in [5, 5.41) is 9.19. The van der Waals surface area contributed by atoms with Crippen LogP contribution in [0.4, 0.5) is 0 Å².